The molecule has 1 aromatic carbocycles. The third-order valence-electron chi connectivity index (χ3n) is 5.36. The quantitative estimate of drug-likeness (QED) is 0.831. The van der Waals surface area contributed by atoms with Crippen molar-refractivity contribution in [3.63, 3.8) is 0 Å². The van der Waals surface area contributed by atoms with E-state index in [2.05, 4.69) is 5.32 Å². The normalized spacial score (nSPS) is 27.9. The van der Waals surface area contributed by atoms with Crippen LogP contribution in [0.2, 0.25) is 0 Å². The molecule has 24 heavy (non-hydrogen) atoms. The molecule has 2 saturated carbocycles. The lowest BCUT2D eigenvalue weighted by molar-refractivity contribution is -0.148. The summed E-state index contributed by atoms with van der Waals surface area (Å²) in [6.07, 6.45) is 1.77. The largest absolute Gasteiger partial charge is 0.497 e. The van der Waals surface area contributed by atoms with Gasteiger partial charge in [0.2, 0.25) is 5.91 Å². The summed E-state index contributed by atoms with van der Waals surface area (Å²) in [4.78, 5) is 24.6. The molecule has 2 aliphatic rings. The fraction of sp³-hybridized carbons (Fsp3) is 0.474. The number of hydrogen-bond acceptors (Lipinski definition) is 3. The first kappa shape index (κ1) is 16.6. The summed E-state index contributed by atoms with van der Waals surface area (Å²) in [5.74, 6) is -1.40. The molecule has 4 atom stereocenters. The summed E-state index contributed by atoms with van der Waals surface area (Å²) in [5.41, 5.74) is 3.01. The Morgan fingerprint density at radius 1 is 1.08 bits per heavy atom. The molecule has 0 aromatic heterocycles. The predicted molar refractivity (Wildman–Crippen MR) is 90.8 cm³/mol. The van der Waals surface area contributed by atoms with E-state index in [1.165, 1.54) is 5.57 Å². The lowest BCUT2D eigenvalue weighted by Crippen LogP contribution is -2.37. The van der Waals surface area contributed by atoms with Crippen LogP contribution < -0.4 is 10.1 Å². The Morgan fingerprint density at radius 2 is 1.67 bits per heavy atom. The van der Waals surface area contributed by atoms with Crippen LogP contribution in [0.5, 0.6) is 5.75 Å². The average Bonchev–Trinajstić information content (AvgIpc) is 3.11. The molecule has 1 aromatic rings. The van der Waals surface area contributed by atoms with Crippen molar-refractivity contribution in [1.82, 2.24) is 0 Å². The zero-order valence-corrected chi connectivity index (χ0v) is 14.2. The van der Waals surface area contributed by atoms with Gasteiger partial charge in [0.05, 0.1) is 18.9 Å². The van der Waals surface area contributed by atoms with Crippen LogP contribution in [0, 0.1) is 23.7 Å². The van der Waals surface area contributed by atoms with Crippen molar-refractivity contribution >= 4 is 17.6 Å². The number of carbonyl (C=O) groups is 2. The molecule has 5 heteroatoms. The summed E-state index contributed by atoms with van der Waals surface area (Å²) < 4.78 is 5.11. The highest BCUT2D eigenvalue weighted by Gasteiger charge is 2.57. The van der Waals surface area contributed by atoms with Crippen LogP contribution in [0.1, 0.15) is 26.7 Å². The number of hydrogen-bond donors (Lipinski definition) is 2. The molecule has 128 valence electrons. The van der Waals surface area contributed by atoms with E-state index in [9.17, 15) is 14.7 Å². The minimum Gasteiger partial charge on any atom is -0.497 e. The van der Waals surface area contributed by atoms with Gasteiger partial charge in [0.15, 0.2) is 0 Å². The monoisotopic (exact) mass is 329 g/mol. The lowest BCUT2D eigenvalue weighted by atomic mass is 9.78. The number of benzene rings is 1. The van der Waals surface area contributed by atoms with Gasteiger partial charge >= 0.3 is 5.97 Å². The highest BCUT2D eigenvalue weighted by atomic mass is 16.5. The Hall–Kier alpha value is -2.30. The van der Waals surface area contributed by atoms with E-state index in [4.69, 9.17) is 4.74 Å². The van der Waals surface area contributed by atoms with Crippen molar-refractivity contribution in [2.24, 2.45) is 23.7 Å². The number of ether oxygens (including phenoxy) is 1. The van der Waals surface area contributed by atoms with Crippen LogP contribution in [0.15, 0.2) is 35.4 Å². The van der Waals surface area contributed by atoms with E-state index in [1.54, 1.807) is 31.4 Å². The Kier molecular flexibility index (Phi) is 4.35. The molecule has 0 saturated heterocycles. The topological polar surface area (TPSA) is 75.6 Å². The summed E-state index contributed by atoms with van der Waals surface area (Å²) in [6, 6.07) is 7.07. The van der Waals surface area contributed by atoms with Crippen molar-refractivity contribution < 1.29 is 19.4 Å². The van der Waals surface area contributed by atoms with Gasteiger partial charge in [-0.2, -0.15) is 0 Å². The number of carboxylic acid groups (broad SMARTS) is 1. The number of carbonyl (C=O) groups excluding carboxylic acids is 1. The van der Waals surface area contributed by atoms with Gasteiger partial charge in [0, 0.05) is 5.69 Å². The van der Waals surface area contributed by atoms with Crippen LogP contribution in [-0.2, 0) is 9.59 Å². The molecule has 2 fully saturated rings. The van der Waals surface area contributed by atoms with E-state index in [0.29, 0.717) is 11.4 Å². The van der Waals surface area contributed by atoms with Gasteiger partial charge in [0.25, 0.3) is 0 Å². The zero-order valence-electron chi connectivity index (χ0n) is 14.2. The molecule has 1 amide bonds. The Bertz CT molecular complexity index is 688. The summed E-state index contributed by atoms with van der Waals surface area (Å²) >= 11 is 0. The zero-order chi connectivity index (χ0) is 17.4. The molecule has 2 bridgehead atoms. The predicted octanol–water partition coefficient (Wildman–Crippen LogP) is 3.33. The second-order valence-electron chi connectivity index (χ2n) is 6.85. The van der Waals surface area contributed by atoms with Crippen LogP contribution >= 0.6 is 0 Å². The molecule has 0 aliphatic heterocycles. The maximum Gasteiger partial charge on any atom is 0.307 e. The van der Waals surface area contributed by atoms with E-state index in [1.807, 2.05) is 13.8 Å². The molecule has 5 nitrogen and oxygen atoms in total. The van der Waals surface area contributed by atoms with Crippen molar-refractivity contribution in [3.8, 4) is 5.75 Å². The standard InChI is InChI=1S/C19H23NO4/c1-10(2)15-13-8-9-14(15)17(19(22)23)16(13)18(21)20-11-4-6-12(24-3)7-5-11/h4-7,13-14,16-17H,8-9H2,1-3H3,(H,20,21)(H,22,23)/t13-,14+,16+,17-/m0/s1. The molecular weight excluding hydrogens is 306 g/mol. The fourth-order valence-corrected chi connectivity index (χ4v) is 4.50. The van der Waals surface area contributed by atoms with Gasteiger partial charge in [-0.15, -0.1) is 0 Å². The van der Waals surface area contributed by atoms with Crippen LogP contribution in [-0.4, -0.2) is 24.1 Å². The molecular formula is C19H23NO4. The first-order chi connectivity index (χ1) is 11.4. The number of carboxylic acids is 1. The summed E-state index contributed by atoms with van der Waals surface area (Å²) in [7, 11) is 1.58. The van der Waals surface area contributed by atoms with E-state index >= 15 is 0 Å². The van der Waals surface area contributed by atoms with Gasteiger partial charge in [-0.25, -0.2) is 0 Å². The molecule has 0 spiro atoms. The van der Waals surface area contributed by atoms with Crippen LogP contribution in [0.4, 0.5) is 5.69 Å². The van der Waals surface area contributed by atoms with Crippen molar-refractivity contribution in [1.29, 1.82) is 0 Å². The molecule has 2 aliphatic carbocycles. The van der Waals surface area contributed by atoms with Crippen molar-refractivity contribution in [3.05, 3.63) is 35.4 Å². The van der Waals surface area contributed by atoms with Crippen molar-refractivity contribution in [2.75, 3.05) is 12.4 Å². The summed E-state index contributed by atoms with van der Waals surface area (Å²) in [6.45, 7) is 4.03. The number of nitrogens with one attached hydrogen (secondary N) is 1. The highest BCUT2D eigenvalue weighted by molar-refractivity contribution is 5.96. The molecule has 0 heterocycles. The van der Waals surface area contributed by atoms with Crippen molar-refractivity contribution in [2.45, 2.75) is 26.7 Å². The number of allylic oxidation sites excluding steroid dienone is 2. The molecule has 2 N–H and O–H groups in total. The maximum atomic E-state index is 12.8. The van der Waals surface area contributed by atoms with Crippen LogP contribution in [0.3, 0.4) is 0 Å². The Morgan fingerprint density at radius 3 is 2.17 bits per heavy atom. The van der Waals surface area contributed by atoms with Gasteiger partial charge in [-0.3, -0.25) is 9.59 Å². The van der Waals surface area contributed by atoms with Gasteiger partial charge < -0.3 is 15.2 Å². The SMILES string of the molecule is COc1ccc(NC(=O)[C@H]2[C@@H](C(=O)O)[C@@H]3CC[C@H]2C3=C(C)C)cc1. The maximum absolute atomic E-state index is 12.8. The highest BCUT2D eigenvalue weighted by Crippen LogP contribution is 2.57. The average molecular weight is 329 g/mol. The van der Waals surface area contributed by atoms with Gasteiger partial charge in [0.1, 0.15) is 5.75 Å². The first-order valence-electron chi connectivity index (χ1n) is 8.29. The second-order valence-corrected chi connectivity index (χ2v) is 6.85. The number of fused-ring (bicyclic) bond motifs is 2. The number of aliphatic carboxylic acids is 1. The number of anilines is 1. The number of amides is 1. The van der Waals surface area contributed by atoms with Gasteiger partial charge in [-0.05, 0) is 62.8 Å². The lowest BCUT2D eigenvalue weighted by Gasteiger charge is -2.26. The van der Waals surface area contributed by atoms with Crippen LogP contribution in [0.25, 0.3) is 0 Å². The fourth-order valence-electron chi connectivity index (χ4n) is 4.50. The van der Waals surface area contributed by atoms with Gasteiger partial charge in [-0.1, -0.05) is 11.1 Å². The number of methoxy groups -OCH3 is 1. The smallest absolute Gasteiger partial charge is 0.307 e. The first-order valence-corrected chi connectivity index (χ1v) is 8.29. The molecule has 0 radical (unpaired) electrons. The molecule has 0 unspecified atom stereocenters. The second kappa shape index (κ2) is 6.30. The third-order valence-corrected chi connectivity index (χ3v) is 5.36. The number of rotatable bonds is 4. The molecule has 3 rings (SSSR count). The van der Waals surface area contributed by atoms with E-state index in [-0.39, 0.29) is 17.7 Å². The minimum absolute atomic E-state index is 0.00381. The Labute approximate surface area is 141 Å². The third kappa shape index (κ3) is 2.68. The van der Waals surface area contributed by atoms with E-state index < -0.39 is 17.8 Å². The minimum atomic E-state index is -0.865. The summed E-state index contributed by atoms with van der Waals surface area (Å²) in [5, 5.41) is 12.6. The Balaban J connectivity index is 1.85. The van der Waals surface area contributed by atoms with E-state index in [0.717, 1.165) is 18.4 Å².